The Bertz CT molecular complexity index is 313. The van der Waals surface area contributed by atoms with E-state index in [0.717, 1.165) is 32.7 Å². The molecule has 1 aromatic rings. The quantitative estimate of drug-likeness (QED) is 0.827. The molecule has 1 saturated heterocycles. The highest BCUT2D eigenvalue weighted by molar-refractivity contribution is 5.48. The van der Waals surface area contributed by atoms with Crippen molar-refractivity contribution in [1.29, 1.82) is 0 Å². The molecule has 0 amide bonds. The van der Waals surface area contributed by atoms with Crippen molar-refractivity contribution in [3.63, 3.8) is 0 Å². The van der Waals surface area contributed by atoms with Gasteiger partial charge in [-0.05, 0) is 31.0 Å². The molecule has 1 unspecified atom stereocenters. The van der Waals surface area contributed by atoms with Gasteiger partial charge in [-0.1, -0.05) is 12.1 Å². The fourth-order valence-corrected chi connectivity index (χ4v) is 1.99. The SMILES string of the molecule is CC(N)c1ccc(N2CCCOCC2)cc1. The van der Waals surface area contributed by atoms with Crippen LogP contribution >= 0.6 is 0 Å². The van der Waals surface area contributed by atoms with Gasteiger partial charge in [-0.3, -0.25) is 0 Å². The number of rotatable bonds is 2. The molecule has 1 aliphatic rings. The molecule has 1 aliphatic heterocycles. The van der Waals surface area contributed by atoms with Crippen LogP contribution in [0.25, 0.3) is 0 Å². The summed E-state index contributed by atoms with van der Waals surface area (Å²) in [6.45, 7) is 5.79. The summed E-state index contributed by atoms with van der Waals surface area (Å²) in [5.41, 5.74) is 8.30. The molecule has 2 rings (SSSR count). The lowest BCUT2D eigenvalue weighted by molar-refractivity contribution is 0.152. The summed E-state index contributed by atoms with van der Waals surface area (Å²) in [5.74, 6) is 0. The van der Waals surface area contributed by atoms with Crippen molar-refractivity contribution in [2.45, 2.75) is 19.4 Å². The first kappa shape index (κ1) is 11.4. The van der Waals surface area contributed by atoms with Gasteiger partial charge in [0.05, 0.1) is 6.61 Å². The Morgan fingerprint density at radius 3 is 2.62 bits per heavy atom. The minimum atomic E-state index is 0.113. The zero-order valence-corrected chi connectivity index (χ0v) is 9.86. The van der Waals surface area contributed by atoms with Crippen LogP contribution < -0.4 is 10.6 Å². The first-order valence-electron chi connectivity index (χ1n) is 5.95. The Kier molecular flexibility index (Phi) is 3.80. The van der Waals surface area contributed by atoms with Crippen LogP contribution in [0.3, 0.4) is 0 Å². The van der Waals surface area contributed by atoms with Crippen LogP contribution in [0.5, 0.6) is 0 Å². The van der Waals surface area contributed by atoms with E-state index in [0.29, 0.717) is 0 Å². The number of hydrogen-bond acceptors (Lipinski definition) is 3. The summed E-state index contributed by atoms with van der Waals surface area (Å²) in [5, 5.41) is 0. The second-order valence-electron chi connectivity index (χ2n) is 4.33. The predicted octanol–water partition coefficient (Wildman–Crippen LogP) is 1.93. The third-order valence-electron chi connectivity index (χ3n) is 3.01. The molecule has 0 spiro atoms. The zero-order chi connectivity index (χ0) is 11.4. The average Bonchev–Trinajstić information content (AvgIpc) is 2.57. The van der Waals surface area contributed by atoms with Crippen molar-refractivity contribution in [3.05, 3.63) is 29.8 Å². The van der Waals surface area contributed by atoms with E-state index in [4.69, 9.17) is 10.5 Å². The van der Waals surface area contributed by atoms with Crippen molar-refractivity contribution >= 4 is 5.69 Å². The van der Waals surface area contributed by atoms with E-state index >= 15 is 0 Å². The Morgan fingerprint density at radius 2 is 1.94 bits per heavy atom. The van der Waals surface area contributed by atoms with Crippen LogP contribution in [0.4, 0.5) is 5.69 Å². The molecular weight excluding hydrogens is 200 g/mol. The Hall–Kier alpha value is -1.06. The summed E-state index contributed by atoms with van der Waals surface area (Å²) in [7, 11) is 0. The highest BCUT2D eigenvalue weighted by Gasteiger charge is 2.10. The Morgan fingerprint density at radius 1 is 1.19 bits per heavy atom. The van der Waals surface area contributed by atoms with Crippen LogP contribution in [0.1, 0.15) is 24.9 Å². The van der Waals surface area contributed by atoms with Crippen molar-refractivity contribution in [3.8, 4) is 0 Å². The van der Waals surface area contributed by atoms with E-state index in [1.54, 1.807) is 0 Å². The van der Waals surface area contributed by atoms with Crippen LogP contribution in [0.2, 0.25) is 0 Å². The van der Waals surface area contributed by atoms with Gasteiger partial charge < -0.3 is 15.4 Å². The Balaban J connectivity index is 2.07. The minimum absolute atomic E-state index is 0.113. The van der Waals surface area contributed by atoms with Gasteiger partial charge in [-0.25, -0.2) is 0 Å². The average molecular weight is 220 g/mol. The van der Waals surface area contributed by atoms with Crippen molar-refractivity contribution in [2.24, 2.45) is 5.73 Å². The van der Waals surface area contributed by atoms with Gasteiger partial charge in [0.25, 0.3) is 0 Å². The molecule has 3 nitrogen and oxygen atoms in total. The molecule has 3 heteroatoms. The molecule has 1 aromatic carbocycles. The molecule has 0 radical (unpaired) electrons. The van der Waals surface area contributed by atoms with Crippen LogP contribution in [0, 0.1) is 0 Å². The molecule has 1 fully saturated rings. The lowest BCUT2D eigenvalue weighted by Gasteiger charge is -2.22. The molecule has 1 atom stereocenters. The van der Waals surface area contributed by atoms with E-state index in [1.807, 2.05) is 6.92 Å². The molecule has 1 heterocycles. The molecule has 16 heavy (non-hydrogen) atoms. The van der Waals surface area contributed by atoms with Gasteiger partial charge in [0.2, 0.25) is 0 Å². The Labute approximate surface area is 97.2 Å². The fourth-order valence-electron chi connectivity index (χ4n) is 1.99. The second kappa shape index (κ2) is 5.32. The second-order valence-corrected chi connectivity index (χ2v) is 4.33. The number of benzene rings is 1. The van der Waals surface area contributed by atoms with E-state index in [2.05, 4.69) is 29.2 Å². The summed E-state index contributed by atoms with van der Waals surface area (Å²) in [6.07, 6.45) is 1.11. The monoisotopic (exact) mass is 220 g/mol. The van der Waals surface area contributed by atoms with E-state index in [1.165, 1.54) is 11.3 Å². The summed E-state index contributed by atoms with van der Waals surface area (Å²) >= 11 is 0. The smallest absolute Gasteiger partial charge is 0.0641 e. The molecule has 2 N–H and O–H groups in total. The van der Waals surface area contributed by atoms with Gasteiger partial charge >= 0.3 is 0 Å². The van der Waals surface area contributed by atoms with Crippen LogP contribution in [-0.2, 0) is 4.74 Å². The maximum absolute atomic E-state index is 5.83. The van der Waals surface area contributed by atoms with Crippen LogP contribution in [-0.4, -0.2) is 26.3 Å². The highest BCUT2D eigenvalue weighted by Crippen LogP contribution is 2.19. The summed E-state index contributed by atoms with van der Waals surface area (Å²) < 4.78 is 5.45. The van der Waals surface area contributed by atoms with E-state index < -0.39 is 0 Å². The number of anilines is 1. The van der Waals surface area contributed by atoms with E-state index in [9.17, 15) is 0 Å². The zero-order valence-electron chi connectivity index (χ0n) is 9.86. The van der Waals surface area contributed by atoms with Gasteiger partial charge in [0, 0.05) is 31.4 Å². The van der Waals surface area contributed by atoms with Crippen LogP contribution in [0.15, 0.2) is 24.3 Å². The fraction of sp³-hybridized carbons (Fsp3) is 0.538. The molecule has 88 valence electrons. The van der Waals surface area contributed by atoms with Gasteiger partial charge in [0.15, 0.2) is 0 Å². The third kappa shape index (κ3) is 2.74. The van der Waals surface area contributed by atoms with E-state index in [-0.39, 0.29) is 6.04 Å². The number of hydrogen-bond donors (Lipinski definition) is 1. The van der Waals surface area contributed by atoms with Gasteiger partial charge in [-0.15, -0.1) is 0 Å². The van der Waals surface area contributed by atoms with Gasteiger partial charge in [0.1, 0.15) is 0 Å². The van der Waals surface area contributed by atoms with Gasteiger partial charge in [-0.2, -0.15) is 0 Å². The summed E-state index contributed by atoms with van der Waals surface area (Å²) in [4.78, 5) is 2.37. The molecule has 0 aromatic heterocycles. The molecule has 0 saturated carbocycles. The largest absolute Gasteiger partial charge is 0.380 e. The predicted molar refractivity (Wildman–Crippen MR) is 66.7 cm³/mol. The van der Waals surface area contributed by atoms with Crippen molar-refractivity contribution < 1.29 is 4.74 Å². The minimum Gasteiger partial charge on any atom is -0.380 e. The maximum Gasteiger partial charge on any atom is 0.0641 e. The first-order valence-corrected chi connectivity index (χ1v) is 5.95. The number of nitrogens with zero attached hydrogens (tertiary/aromatic N) is 1. The standard InChI is InChI=1S/C13H20N2O/c1-11(14)12-3-5-13(6-4-12)15-7-2-9-16-10-8-15/h3-6,11H,2,7-10,14H2,1H3. The topological polar surface area (TPSA) is 38.5 Å². The third-order valence-corrected chi connectivity index (χ3v) is 3.01. The van der Waals surface area contributed by atoms with Crippen molar-refractivity contribution in [1.82, 2.24) is 0 Å². The first-order chi connectivity index (χ1) is 7.77. The normalized spacial score (nSPS) is 19.2. The summed E-state index contributed by atoms with van der Waals surface area (Å²) in [6, 6.07) is 8.66. The lowest BCUT2D eigenvalue weighted by Crippen LogP contribution is -2.25. The molecule has 0 bridgehead atoms. The number of nitrogens with two attached hydrogens (primary N) is 1. The molecule has 0 aliphatic carbocycles. The number of ether oxygens (including phenoxy) is 1. The van der Waals surface area contributed by atoms with Crippen molar-refractivity contribution in [2.75, 3.05) is 31.2 Å². The highest BCUT2D eigenvalue weighted by atomic mass is 16.5. The molecular formula is C13H20N2O. The maximum atomic E-state index is 5.83. The lowest BCUT2D eigenvalue weighted by atomic mass is 10.1.